The Balaban J connectivity index is 2.27. The lowest BCUT2D eigenvalue weighted by Crippen LogP contribution is -2.04. The van der Waals surface area contributed by atoms with Gasteiger partial charge in [0, 0.05) is 17.0 Å². The molecule has 94 valence electrons. The lowest BCUT2D eigenvalue weighted by atomic mass is 10.0. The maximum absolute atomic E-state index is 12.0. The zero-order valence-corrected chi connectivity index (χ0v) is 11.1. The van der Waals surface area contributed by atoms with E-state index in [2.05, 4.69) is 0 Å². The molecule has 0 bridgehead atoms. The van der Waals surface area contributed by atoms with Crippen LogP contribution in [0.5, 0.6) is 5.75 Å². The van der Waals surface area contributed by atoms with E-state index < -0.39 is 0 Å². The predicted molar refractivity (Wildman–Crippen MR) is 69.8 cm³/mol. The molecule has 0 aliphatic rings. The van der Waals surface area contributed by atoms with Crippen molar-refractivity contribution in [3.05, 3.63) is 51.9 Å². The standard InChI is InChI=1S/C13H10Cl2O3/c1-17-12-3-2-9(14)6-8(12)7-11(16)10-4-5-18-13(10)15/h2-6H,7H2,1H3. The second-order valence-corrected chi connectivity index (χ2v) is 4.44. The van der Waals surface area contributed by atoms with Gasteiger partial charge in [-0.25, -0.2) is 0 Å². The quantitative estimate of drug-likeness (QED) is 0.796. The van der Waals surface area contributed by atoms with Gasteiger partial charge in [0.15, 0.2) is 5.78 Å². The number of methoxy groups -OCH3 is 1. The summed E-state index contributed by atoms with van der Waals surface area (Å²) >= 11 is 11.7. The van der Waals surface area contributed by atoms with E-state index in [1.807, 2.05) is 0 Å². The topological polar surface area (TPSA) is 39.4 Å². The number of Topliss-reactive ketones (excluding diaryl/α,β-unsaturated/α-hetero) is 1. The number of carbonyl (C=O) groups excluding carboxylic acids is 1. The van der Waals surface area contributed by atoms with Crippen molar-refractivity contribution in [2.24, 2.45) is 0 Å². The Morgan fingerprint density at radius 3 is 2.72 bits per heavy atom. The van der Waals surface area contributed by atoms with Crippen LogP contribution in [0.2, 0.25) is 10.2 Å². The molecule has 0 unspecified atom stereocenters. The molecule has 0 radical (unpaired) electrons. The highest BCUT2D eigenvalue weighted by Crippen LogP contribution is 2.25. The number of furan rings is 1. The second kappa shape index (κ2) is 5.46. The molecule has 0 amide bonds. The summed E-state index contributed by atoms with van der Waals surface area (Å²) in [4.78, 5) is 12.0. The largest absolute Gasteiger partial charge is 0.496 e. The molecular formula is C13H10Cl2O3. The first-order chi connectivity index (χ1) is 8.61. The Morgan fingerprint density at radius 2 is 2.11 bits per heavy atom. The molecule has 5 heteroatoms. The number of carbonyl (C=O) groups is 1. The molecule has 1 aromatic heterocycles. The van der Waals surface area contributed by atoms with E-state index in [1.165, 1.54) is 6.26 Å². The molecule has 0 saturated heterocycles. The van der Waals surface area contributed by atoms with Crippen molar-refractivity contribution >= 4 is 29.0 Å². The first-order valence-corrected chi connectivity index (χ1v) is 5.96. The van der Waals surface area contributed by atoms with E-state index in [1.54, 1.807) is 31.4 Å². The van der Waals surface area contributed by atoms with Crippen molar-refractivity contribution in [2.75, 3.05) is 7.11 Å². The summed E-state index contributed by atoms with van der Waals surface area (Å²) in [6.07, 6.45) is 1.54. The lowest BCUT2D eigenvalue weighted by molar-refractivity contribution is 0.0991. The molecule has 0 aliphatic heterocycles. The molecule has 0 saturated carbocycles. The van der Waals surface area contributed by atoms with Crippen molar-refractivity contribution in [3.63, 3.8) is 0 Å². The average Bonchev–Trinajstić information content (AvgIpc) is 2.76. The fourth-order valence-corrected chi connectivity index (χ4v) is 2.06. The van der Waals surface area contributed by atoms with Crippen molar-refractivity contribution in [3.8, 4) is 5.75 Å². The number of rotatable bonds is 4. The monoisotopic (exact) mass is 284 g/mol. The van der Waals surface area contributed by atoms with Crippen molar-refractivity contribution in [2.45, 2.75) is 6.42 Å². The van der Waals surface area contributed by atoms with Crippen LogP contribution in [-0.4, -0.2) is 12.9 Å². The highest BCUT2D eigenvalue weighted by molar-refractivity contribution is 6.32. The highest BCUT2D eigenvalue weighted by atomic mass is 35.5. The van der Waals surface area contributed by atoms with Crippen molar-refractivity contribution in [1.82, 2.24) is 0 Å². The Morgan fingerprint density at radius 1 is 1.33 bits per heavy atom. The van der Waals surface area contributed by atoms with Gasteiger partial charge in [-0.05, 0) is 35.9 Å². The average molecular weight is 285 g/mol. The van der Waals surface area contributed by atoms with Crippen LogP contribution in [0.1, 0.15) is 15.9 Å². The van der Waals surface area contributed by atoms with E-state index in [9.17, 15) is 4.79 Å². The molecule has 3 nitrogen and oxygen atoms in total. The SMILES string of the molecule is COc1ccc(Cl)cc1CC(=O)c1ccoc1Cl. The van der Waals surface area contributed by atoms with Gasteiger partial charge in [-0.15, -0.1) is 0 Å². The van der Waals surface area contributed by atoms with Gasteiger partial charge in [0.1, 0.15) is 5.75 Å². The van der Waals surface area contributed by atoms with Crippen LogP contribution in [0.15, 0.2) is 34.9 Å². The van der Waals surface area contributed by atoms with Gasteiger partial charge >= 0.3 is 0 Å². The van der Waals surface area contributed by atoms with Gasteiger partial charge in [-0.1, -0.05) is 11.6 Å². The Bertz CT molecular complexity index is 575. The van der Waals surface area contributed by atoms with Gasteiger partial charge in [0.05, 0.1) is 18.9 Å². The number of halogens is 2. The molecule has 1 heterocycles. The van der Waals surface area contributed by atoms with Crippen LogP contribution in [-0.2, 0) is 6.42 Å². The first kappa shape index (κ1) is 13.0. The Labute approximate surface area is 114 Å². The maximum Gasteiger partial charge on any atom is 0.203 e. The summed E-state index contributed by atoms with van der Waals surface area (Å²) < 4.78 is 10.1. The summed E-state index contributed by atoms with van der Waals surface area (Å²) in [5.41, 5.74) is 1.07. The molecule has 18 heavy (non-hydrogen) atoms. The van der Waals surface area contributed by atoms with Crippen LogP contribution in [0.4, 0.5) is 0 Å². The second-order valence-electron chi connectivity index (χ2n) is 3.66. The third-order valence-electron chi connectivity index (χ3n) is 2.51. The van der Waals surface area contributed by atoms with E-state index in [0.29, 0.717) is 21.9 Å². The van der Waals surface area contributed by atoms with Crippen LogP contribution >= 0.6 is 23.2 Å². The molecule has 1 aromatic carbocycles. The fourth-order valence-electron chi connectivity index (χ4n) is 1.65. The molecule has 0 spiro atoms. The number of hydrogen-bond donors (Lipinski definition) is 0. The summed E-state index contributed by atoms with van der Waals surface area (Å²) in [6, 6.07) is 6.68. The van der Waals surface area contributed by atoms with Crippen LogP contribution in [0, 0.1) is 0 Å². The number of ketones is 1. The first-order valence-electron chi connectivity index (χ1n) is 5.20. The minimum atomic E-state index is -0.144. The molecular weight excluding hydrogens is 275 g/mol. The summed E-state index contributed by atoms with van der Waals surface area (Å²) in [5.74, 6) is 0.474. The molecule has 0 N–H and O–H groups in total. The van der Waals surface area contributed by atoms with Gasteiger partial charge in [0.25, 0.3) is 0 Å². The van der Waals surface area contributed by atoms with Gasteiger partial charge in [0.2, 0.25) is 5.22 Å². The maximum atomic E-state index is 12.0. The Kier molecular flexibility index (Phi) is 3.94. The smallest absolute Gasteiger partial charge is 0.203 e. The minimum absolute atomic E-state index is 0.0981. The highest BCUT2D eigenvalue weighted by Gasteiger charge is 2.16. The van der Waals surface area contributed by atoms with Crippen molar-refractivity contribution in [1.29, 1.82) is 0 Å². The van der Waals surface area contributed by atoms with Crippen LogP contribution < -0.4 is 4.74 Å². The Hall–Kier alpha value is -1.45. The number of ether oxygens (including phenoxy) is 1. The van der Waals surface area contributed by atoms with E-state index in [4.69, 9.17) is 32.4 Å². The lowest BCUT2D eigenvalue weighted by Gasteiger charge is -2.07. The molecule has 2 rings (SSSR count). The minimum Gasteiger partial charge on any atom is -0.496 e. The zero-order valence-electron chi connectivity index (χ0n) is 9.57. The fraction of sp³-hybridized carbons (Fsp3) is 0.154. The third kappa shape index (κ3) is 2.68. The van der Waals surface area contributed by atoms with Crippen molar-refractivity contribution < 1.29 is 13.9 Å². The van der Waals surface area contributed by atoms with Crippen LogP contribution in [0.3, 0.4) is 0 Å². The van der Waals surface area contributed by atoms with Gasteiger partial charge in [-0.3, -0.25) is 4.79 Å². The molecule has 0 aliphatic carbocycles. The normalized spacial score (nSPS) is 10.4. The number of hydrogen-bond acceptors (Lipinski definition) is 3. The zero-order chi connectivity index (χ0) is 13.1. The molecule has 0 atom stereocenters. The van der Waals surface area contributed by atoms with E-state index in [0.717, 1.165) is 0 Å². The van der Waals surface area contributed by atoms with E-state index >= 15 is 0 Å². The summed E-state index contributed by atoms with van der Waals surface area (Å²) in [7, 11) is 1.54. The predicted octanol–water partition coefficient (Wildman–Crippen LogP) is 4.02. The molecule has 2 aromatic rings. The van der Waals surface area contributed by atoms with E-state index in [-0.39, 0.29) is 17.4 Å². The summed E-state index contributed by atoms with van der Waals surface area (Å²) in [5, 5.41) is 0.651. The van der Waals surface area contributed by atoms with Crippen LogP contribution in [0.25, 0.3) is 0 Å². The molecule has 0 fully saturated rings. The van der Waals surface area contributed by atoms with Gasteiger partial charge in [-0.2, -0.15) is 0 Å². The summed E-state index contributed by atoms with van der Waals surface area (Å²) in [6.45, 7) is 0. The van der Waals surface area contributed by atoms with Gasteiger partial charge < -0.3 is 9.15 Å². The third-order valence-corrected chi connectivity index (χ3v) is 3.04. The number of benzene rings is 1.